The summed E-state index contributed by atoms with van der Waals surface area (Å²) in [5, 5.41) is 3.47. The lowest BCUT2D eigenvalue weighted by molar-refractivity contribution is 0.144. The number of terminal acetylenes is 1. The van der Waals surface area contributed by atoms with Crippen LogP contribution >= 0.6 is 0 Å². The monoisotopic (exact) mass is 287 g/mol. The van der Waals surface area contributed by atoms with Gasteiger partial charge in [0.15, 0.2) is 0 Å². The number of nitrogens with one attached hydrogen (secondary N) is 1. The Hall–Kier alpha value is -1.46. The SMILES string of the molecule is C#COC(CCCCC)CCNCc1ccc(CC)cc1. The Morgan fingerprint density at radius 1 is 1.10 bits per heavy atom. The minimum atomic E-state index is 0.191. The Kier molecular flexibility index (Phi) is 9.40. The Labute approximate surface area is 130 Å². The van der Waals surface area contributed by atoms with Gasteiger partial charge in [0.05, 0.1) is 0 Å². The lowest BCUT2D eigenvalue weighted by Gasteiger charge is -2.15. The van der Waals surface area contributed by atoms with E-state index < -0.39 is 0 Å². The predicted octanol–water partition coefficient (Wildman–Crippen LogP) is 4.28. The highest BCUT2D eigenvalue weighted by atomic mass is 16.5. The number of rotatable bonds is 11. The van der Waals surface area contributed by atoms with Gasteiger partial charge in [-0.3, -0.25) is 0 Å². The van der Waals surface area contributed by atoms with Crippen LogP contribution in [0.15, 0.2) is 24.3 Å². The minimum absolute atomic E-state index is 0.191. The third-order valence-corrected chi connectivity index (χ3v) is 3.77. The van der Waals surface area contributed by atoms with Crippen LogP contribution in [0, 0.1) is 12.5 Å². The fraction of sp³-hybridized carbons (Fsp3) is 0.579. The highest BCUT2D eigenvalue weighted by molar-refractivity contribution is 5.22. The van der Waals surface area contributed by atoms with E-state index in [9.17, 15) is 0 Å². The molecule has 0 fully saturated rings. The molecule has 2 nitrogen and oxygen atoms in total. The van der Waals surface area contributed by atoms with Crippen molar-refractivity contribution in [3.8, 4) is 12.5 Å². The minimum Gasteiger partial charge on any atom is -0.443 e. The molecule has 2 heteroatoms. The summed E-state index contributed by atoms with van der Waals surface area (Å²) >= 11 is 0. The van der Waals surface area contributed by atoms with E-state index >= 15 is 0 Å². The highest BCUT2D eigenvalue weighted by Gasteiger charge is 2.08. The molecular weight excluding hydrogens is 258 g/mol. The molecule has 1 aromatic rings. The number of ether oxygens (including phenoxy) is 1. The summed E-state index contributed by atoms with van der Waals surface area (Å²) < 4.78 is 5.36. The lowest BCUT2D eigenvalue weighted by Crippen LogP contribution is -2.21. The number of hydrogen-bond donors (Lipinski definition) is 1. The van der Waals surface area contributed by atoms with Crippen molar-refractivity contribution in [1.29, 1.82) is 0 Å². The van der Waals surface area contributed by atoms with E-state index in [1.807, 2.05) is 0 Å². The van der Waals surface area contributed by atoms with Crippen molar-refractivity contribution in [2.75, 3.05) is 6.54 Å². The third-order valence-electron chi connectivity index (χ3n) is 3.77. The number of hydrogen-bond acceptors (Lipinski definition) is 2. The van der Waals surface area contributed by atoms with Gasteiger partial charge in [-0.1, -0.05) is 57.4 Å². The van der Waals surface area contributed by atoms with Gasteiger partial charge in [0.2, 0.25) is 0 Å². The molecule has 1 aromatic carbocycles. The zero-order chi connectivity index (χ0) is 15.3. The standard InChI is InChI=1S/C19H29NO/c1-4-7-8-9-19(21-6-3)14-15-20-16-18-12-10-17(5-2)11-13-18/h3,10-13,19-20H,4-5,7-9,14-16H2,1-2H3. The summed E-state index contributed by atoms with van der Waals surface area (Å²) in [6.45, 7) is 6.23. The Morgan fingerprint density at radius 3 is 2.43 bits per heavy atom. The normalized spacial score (nSPS) is 11.9. The van der Waals surface area contributed by atoms with E-state index in [4.69, 9.17) is 11.2 Å². The van der Waals surface area contributed by atoms with Gasteiger partial charge >= 0.3 is 0 Å². The van der Waals surface area contributed by atoms with E-state index in [-0.39, 0.29) is 6.10 Å². The van der Waals surface area contributed by atoms with Crippen molar-refractivity contribution >= 4 is 0 Å². The van der Waals surface area contributed by atoms with Crippen LogP contribution in [0.1, 0.15) is 57.1 Å². The van der Waals surface area contributed by atoms with E-state index in [1.165, 1.54) is 30.4 Å². The largest absolute Gasteiger partial charge is 0.443 e. The molecule has 0 aliphatic carbocycles. The van der Waals surface area contributed by atoms with Gasteiger partial charge in [0.25, 0.3) is 0 Å². The number of unbranched alkanes of at least 4 members (excludes halogenated alkanes) is 2. The fourth-order valence-corrected chi connectivity index (χ4v) is 2.37. The van der Waals surface area contributed by atoms with E-state index in [0.717, 1.165) is 32.4 Å². The molecule has 0 saturated carbocycles. The molecular formula is C19H29NO. The molecule has 1 atom stereocenters. The van der Waals surface area contributed by atoms with E-state index in [1.54, 1.807) is 0 Å². The molecule has 1 unspecified atom stereocenters. The van der Waals surface area contributed by atoms with Crippen molar-refractivity contribution in [1.82, 2.24) is 5.32 Å². The first-order chi connectivity index (χ1) is 10.3. The second kappa shape index (κ2) is 11.2. The Balaban J connectivity index is 2.21. The topological polar surface area (TPSA) is 21.3 Å². The van der Waals surface area contributed by atoms with Crippen molar-refractivity contribution in [2.24, 2.45) is 0 Å². The zero-order valence-corrected chi connectivity index (χ0v) is 13.5. The molecule has 0 aliphatic rings. The summed E-state index contributed by atoms with van der Waals surface area (Å²) in [5.41, 5.74) is 2.71. The van der Waals surface area contributed by atoms with E-state index in [0.29, 0.717) is 0 Å². The molecule has 116 valence electrons. The molecule has 0 bridgehead atoms. The third kappa shape index (κ3) is 7.78. The first-order valence-corrected chi connectivity index (χ1v) is 8.19. The van der Waals surface area contributed by atoms with Gasteiger partial charge in [0.1, 0.15) is 12.2 Å². The highest BCUT2D eigenvalue weighted by Crippen LogP contribution is 2.10. The van der Waals surface area contributed by atoms with Crippen LogP contribution in [0.5, 0.6) is 0 Å². The average molecular weight is 287 g/mol. The zero-order valence-electron chi connectivity index (χ0n) is 13.5. The smallest absolute Gasteiger partial charge is 0.112 e. The first-order valence-electron chi connectivity index (χ1n) is 8.19. The van der Waals surface area contributed by atoms with Crippen LogP contribution in [-0.4, -0.2) is 12.6 Å². The van der Waals surface area contributed by atoms with Gasteiger partial charge in [-0.15, -0.1) is 0 Å². The molecule has 0 spiro atoms. The quantitative estimate of drug-likeness (QED) is 0.484. The second-order valence-corrected chi connectivity index (χ2v) is 5.49. The summed E-state index contributed by atoms with van der Waals surface area (Å²) in [7, 11) is 0. The summed E-state index contributed by atoms with van der Waals surface area (Å²) in [6.07, 6.45) is 14.6. The molecule has 0 aliphatic heterocycles. The number of aryl methyl sites for hydroxylation is 1. The second-order valence-electron chi connectivity index (χ2n) is 5.49. The van der Waals surface area contributed by atoms with Crippen LogP contribution in [0.4, 0.5) is 0 Å². The van der Waals surface area contributed by atoms with Gasteiger partial charge in [-0.05, 0) is 43.4 Å². The maximum atomic E-state index is 5.36. The average Bonchev–Trinajstić information content (AvgIpc) is 2.52. The predicted molar refractivity (Wildman–Crippen MR) is 90.0 cm³/mol. The molecule has 0 heterocycles. The van der Waals surface area contributed by atoms with Gasteiger partial charge in [-0.25, -0.2) is 0 Å². The van der Waals surface area contributed by atoms with Gasteiger partial charge < -0.3 is 10.1 Å². The summed E-state index contributed by atoms with van der Waals surface area (Å²) in [5.74, 6) is 0. The molecule has 1 N–H and O–H groups in total. The van der Waals surface area contributed by atoms with Gasteiger partial charge in [-0.2, -0.15) is 0 Å². The van der Waals surface area contributed by atoms with Crippen molar-refractivity contribution in [2.45, 2.75) is 65.0 Å². The molecule has 0 aromatic heterocycles. The van der Waals surface area contributed by atoms with Crippen LogP contribution in [0.25, 0.3) is 0 Å². The molecule has 0 radical (unpaired) electrons. The fourth-order valence-electron chi connectivity index (χ4n) is 2.37. The molecule has 21 heavy (non-hydrogen) atoms. The Bertz CT molecular complexity index is 405. The van der Waals surface area contributed by atoms with Crippen molar-refractivity contribution in [3.05, 3.63) is 35.4 Å². The summed E-state index contributed by atoms with van der Waals surface area (Å²) in [4.78, 5) is 0. The van der Waals surface area contributed by atoms with Crippen molar-refractivity contribution in [3.63, 3.8) is 0 Å². The van der Waals surface area contributed by atoms with E-state index in [2.05, 4.69) is 49.5 Å². The van der Waals surface area contributed by atoms with Gasteiger partial charge in [0, 0.05) is 6.54 Å². The molecule has 0 amide bonds. The van der Waals surface area contributed by atoms with Crippen molar-refractivity contribution < 1.29 is 4.74 Å². The lowest BCUT2D eigenvalue weighted by atomic mass is 10.1. The van der Waals surface area contributed by atoms with Crippen LogP contribution in [0.2, 0.25) is 0 Å². The number of benzene rings is 1. The van der Waals surface area contributed by atoms with Crippen LogP contribution in [0.3, 0.4) is 0 Å². The molecule has 0 saturated heterocycles. The Morgan fingerprint density at radius 2 is 1.81 bits per heavy atom. The van der Waals surface area contributed by atoms with Crippen LogP contribution in [-0.2, 0) is 17.7 Å². The molecule has 1 rings (SSSR count). The maximum absolute atomic E-state index is 5.36. The first kappa shape index (κ1) is 17.6. The van der Waals surface area contributed by atoms with Crippen LogP contribution < -0.4 is 5.32 Å². The maximum Gasteiger partial charge on any atom is 0.112 e. The summed E-state index contributed by atoms with van der Waals surface area (Å²) in [6, 6.07) is 8.79.